The predicted octanol–water partition coefficient (Wildman–Crippen LogP) is 3.66. The van der Waals surface area contributed by atoms with Gasteiger partial charge >= 0.3 is 0 Å². The molecule has 1 aromatic heterocycles. The minimum Gasteiger partial charge on any atom is -0.508 e. The van der Waals surface area contributed by atoms with Gasteiger partial charge in [-0.15, -0.1) is 0 Å². The van der Waals surface area contributed by atoms with Crippen molar-refractivity contribution in [1.82, 2.24) is 14.9 Å². The first-order valence-corrected chi connectivity index (χ1v) is 9.26. The minimum atomic E-state index is -0.0865. The van der Waals surface area contributed by atoms with Crippen LogP contribution in [0.25, 0.3) is 11.4 Å². The molecule has 0 spiro atoms. The third kappa shape index (κ3) is 3.75. The van der Waals surface area contributed by atoms with Crippen molar-refractivity contribution >= 4 is 11.6 Å². The van der Waals surface area contributed by atoms with Gasteiger partial charge in [0.15, 0.2) is 0 Å². The van der Waals surface area contributed by atoms with Crippen molar-refractivity contribution in [2.75, 3.05) is 6.54 Å². The van der Waals surface area contributed by atoms with Crippen molar-refractivity contribution in [3.05, 3.63) is 80.2 Å². The van der Waals surface area contributed by atoms with Gasteiger partial charge in [0.25, 0.3) is 5.56 Å². The molecule has 0 fully saturated rings. The molecule has 2 heterocycles. The fraction of sp³-hybridized carbons (Fsp3) is 0.238. The second-order valence-corrected chi connectivity index (χ2v) is 7.36. The Kier molecular flexibility index (Phi) is 4.72. The lowest BCUT2D eigenvalue weighted by molar-refractivity contribution is 0.241. The number of aromatic nitrogens is 2. The van der Waals surface area contributed by atoms with E-state index in [1.165, 1.54) is 0 Å². The van der Waals surface area contributed by atoms with Gasteiger partial charge in [-0.3, -0.25) is 9.69 Å². The average Bonchev–Trinajstić information content (AvgIpc) is 2.66. The summed E-state index contributed by atoms with van der Waals surface area (Å²) in [5.41, 5.74) is 4.34. The van der Waals surface area contributed by atoms with E-state index >= 15 is 0 Å². The summed E-state index contributed by atoms with van der Waals surface area (Å²) < 4.78 is 0. The Balaban J connectivity index is 1.57. The van der Waals surface area contributed by atoms with Crippen LogP contribution in [0.5, 0.6) is 5.75 Å². The summed E-state index contributed by atoms with van der Waals surface area (Å²) >= 11 is 5.93. The largest absolute Gasteiger partial charge is 0.508 e. The highest BCUT2D eigenvalue weighted by Gasteiger charge is 2.21. The Morgan fingerprint density at radius 2 is 2.00 bits per heavy atom. The highest BCUT2D eigenvalue weighted by Crippen LogP contribution is 2.23. The van der Waals surface area contributed by atoms with E-state index in [-0.39, 0.29) is 5.56 Å². The molecule has 3 aromatic rings. The van der Waals surface area contributed by atoms with Crippen molar-refractivity contribution in [1.29, 1.82) is 0 Å². The third-order valence-electron chi connectivity index (χ3n) is 4.93. The Labute approximate surface area is 162 Å². The van der Waals surface area contributed by atoms with E-state index < -0.39 is 0 Å². The Morgan fingerprint density at radius 3 is 2.74 bits per heavy atom. The molecular formula is C21H20ClN3O2. The summed E-state index contributed by atoms with van der Waals surface area (Å²) in [5, 5.41) is 10.3. The van der Waals surface area contributed by atoms with Gasteiger partial charge in [-0.05, 0) is 48.4 Å². The number of hydrogen-bond donors (Lipinski definition) is 2. The van der Waals surface area contributed by atoms with Crippen molar-refractivity contribution in [3.8, 4) is 17.1 Å². The lowest BCUT2D eigenvalue weighted by Crippen LogP contribution is -2.35. The number of fused-ring (bicyclic) bond motifs is 1. The maximum atomic E-state index is 12.6. The molecule has 2 N–H and O–H groups in total. The summed E-state index contributed by atoms with van der Waals surface area (Å²) in [5.74, 6) is 0.885. The topological polar surface area (TPSA) is 69.2 Å². The molecule has 0 saturated carbocycles. The quantitative estimate of drug-likeness (QED) is 0.726. The fourth-order valence-corrected chi connectivity index (χ4v) is 3.56. The smallest absolute Gasteiger partial charge is 0.255 e. The van der Waals surface area contributed by atoms with Crippen LogP contribution in [0.3, 0.4) is 0 Å². The summed E-state index contributed by atoms with van der Waals surface area (Å²) in [7, 11) is 0. The van der Waals surface area contributed by atoms with Gasteiger partial charge in [-0.1, -0.05) is 23.7 Å². The first kappa shape index (κ1) is 17.8. The standard InChI is InChI=1S/C21H20ClN3O2/c1-13-10-14(2-7-19(13)26)11-25-9-8-18-17(12-25)21(27)24-20(23-18)15-3-5-16(22)6-4-15/h2-7,10,26H,8-9,11-12H2,1H3,(H,23,24,27). The maximum absolute atomic E-state index is 12.6. The number of phenolic OH excluding ortho intramolecular Hbond substituents is 1. The molecule has 0 bridgehead atoms. The number of hydrogen-bond acceptors (Lipinski definition) is 4. The molecule has 4 rings (SSSR count). The number of nitrogens with one attached hydrogen (secondary N) is 1. The van der Waals surface area contributed by atoms with Crippen molar-refractivity contribution < 1.29 is 5.11 Å². The van der Waals surface area contributed by atoms with E-state index in [9.17, 15) is 9.90 Å². The molecule has 0 radical (unpaired) electrons. The molecule has 2 aromatic carbocycles. The minimum absolute atomic E-state index is 0.0865. The van der Waals surface area contributed by atoms with Crippen LogP contribution in [0.15, 0.2) is 47.3 Å². The van der Waals surface area contributed by atoms with E-state index in [4.69, 9.17) is 11.6 Å². The summed E-state index contributed by atoms with van der Waals surface area (Å²) in [4.78, 5) is 22.5. The summed E-state index contributed by atoms with van der Waals surface area (Å²) in [6.07, 6.45) is 0.733. The van der Waals surface area contributed by atoms with Crippen LogP contribution in [0, 0.1) is 6.92 Å². The van der Waals surface area contributed by atoms with Crippen LogP contribution < -0.4 is 5.56 Å². The average molecular weight is 382 g/mol. The van der Waals surface area contributed by atoms with Crippen molar-refractivity contribution in [3.63, 3.8) is 0 Å². The molecule has 0 unspecified atom stereocenters. The van der Waals surface area contributed by atoms with Crippen LogP contribution >= 0.6 is 11.6 Å². The van der Waals surface area contributed by atoms with E-state index in [0.29, 0.717) is 23.1 Å². The number of aromatic amines is 1. The van der Waals surface area contributed by atoms with Crippen LogP contribution in [-0.4, -0.2) is 26.5 Å². The number of benzene rings is 2. The van der Waals surface area contributed by atoms with Crippen LogP contribution in [-0.2, 0) is 19.5 Å². The third-order valence-corrected chi connectivity index (χ3v) is 5.18. The first-order valence-electron chi connectivity index (χ1n) is 8.88. The number of phenols is 1. The Hall–Kier alpha value is -2.63. The highest BCUT2D eigenvalue weighted by atomic mass is 35.5. The SMILES string of the molecule is Cc1cc(CN2CCc3nc(-c4ccc(Cl)cc4)[nH]c(=O)c3C2)ccc1O. The van der Waals surface area contributed by atoms with E-state index in [1.807, 2.05) is 31.2 Å². The summed E-state index contributed by atoms with van der Waals surface area (Å²) in [6.45, 7) is 4.03. The van der Waals surface area contributed by atoms with Crippen LogP contribution in [0.4, 0.5) is 0 Å². The van der Waals surface area contributed by atoms with Crippen molar-refractivity contribution in [2.45, 2.75) is 26.4 Å². The zero-order valence-electron chi connectivity index (χ0n) is 15.0. The molecule has 0 saturated heterocycles. The molecule has 138 valence electrons. The first-order chi connectivity index (χ1) is 13.0. The van der Waals surface area contributed by atoms with E-state index in [1.54, 1.807) is 18.2 Å². The number of nitrogens with zero attached hydrogens (tertiary/aromatic N) is 2. The molecule has 0 aliphatic carbocycles. The zero-order chi connectivity index (χ0) is 19.0. The number of aromatic hydroxyl groups is 1. The molecule has 0 amide bonds. The lowest BCUT2D eigenvalue weighted by Gasteiger charge is -2.28. The molecular weight excluding hydrogens is 362 g/mol. The van der Waals surface area contributed by atoms with Gasteiger partial charge in [0, 0.05) is 36.6 Å². The lowest BCUT2D eigenvalue weighted by atomic mass is 10.0. The van der Waals surface area contributed by atoms with E-state index in [2.05, 4.69) is 14.9 Å². The van der Waals surface area contributed by atoms with Gasteiger partial charge in [0.05, 0.1) is 11.3 Å². The second-order valence-electron chi connectivity index (χ2n) is 6.93. The van der Waals surface area contributed by atoms with Crippen LogP contribution in [0.1, 0.15) is 22.4 Å². The normalized spacial score (nSPS) is 14.1. The summed E-state index contributed by atoms with van der Waals surface area (Å²) in [6, 6.07) is 12.9. The van der Waals surface area contributed by atoms with Crippen molar-refractivity contribution in [2.24, 2.45) is 0 Å². The van der Waals surface area contributed by atoms with Gasteiger partial charge < -0.3 is 10.1 Å². The number of H-pyrrole nitrogens is 1. The van der Waals surface area contributed by atoms with E-state index in [0.717, 1.165) is 47.5 Å². The van der Waals surface area contributed by atoms with Gasteiger partial charge in [-0.25, -0.2) is 4.98 Å². The molecule has 1 aliphatic heterocycles. The molecule has 1 aliphatic rings. The number of halogens is 1. The number of aryl methyl sites for hydroxylation is 1. The predicted molar refractivity (Wildman–Crippen MR) is 106 cm³/mol. The molecule has 27 heavy (non-hydrogen) atoms. The number of rotatable bonds is 3. The Morgan fingerprint density at radius 1 is 1.22 bits per heavy atom. The monoisotopic (exact) mass is 381 g/mol. The molecule has 6 heteroatoms. The van der Waals surface area contributed by atoms with Crippen LogP contribution in [0.2, 0.25) is 5.02 Å². The highest BCUT2D eigenvalue weighted by molar-refractivity contribution is 6.30. The van der Waals surface area contributed by atoms with Gasteiger partial charge in [-0.2, -0.15) is 0 Å². The fourth-order valence-electron chi connectivity index (χ4n) is 3.43. The zero-order valence-corrected chi connectivity index (χ0v) is 15.8. The molecule has 0 atom stereocenters. The van der Waals surface area contributed by atoms with Gasteiger partial charge in [0.2, 0.25) is 0 Å². The maximum Gasteiger partial charge on any atom is 0.255 e. The van der Waals surface area contributed by atoms with Gasteiger partial charge in [0.1, 0.15) is 11.6 Å². The second kappa shape index (κ2) is 7.18. The Bertz CT molecular complexity index is 1040. The molecule has 5 nitrogen and oxygen atoms in total.